The minimum atomic E-state index is -4.70. The van der Waals surface area contributed by atoms with Crippen molar-refractivity contribution in [2.24, 2.45) is 0 Å². The van der Waals surface area contributed by atoms with Gasteiger partial charge in [-0.3, -0.25) is 14.6 Å². The van der Waals surface area contributed by atoms with E-state index in [2.05, 4.69) is 15.6 Å². The summed E-state index contributed by atoms with van der Waals surface area (Å²) in [5.74, 6) is -1.40. The van der Waals surface area contributed by atoms with Crippen molar-refractivity contribution in [3.8, 4) is 0 Å². The average Bonchev–Trinajstić information content (AvgIpc) is 2.89. The number of fused-ring (bicyclic) bond motifs is 1. The second kappa shape index (κ2) is 5.38. The van der Waals surface area contributed by atoms with Crippen molar-refractivity contribution >= 4 is 17.5 Å². The maximum Gasteiger partial charge on any atom is 0.418 e. The Labute approximate surface area is 128 Å². The van der Waals surface area contributed by atoms with Crippen molar-refractivity contribution in [2.75, 3.05) is 5.32 Å². The van der Waals surface area contributed by atoms with Gasteiger partial charge in [-0.15, -0.1) is 0 Å². The predicted octanol–water partition coefficient (Wildman–Crippen LogP) is 2.60. The number of halogens is 3. The fourth-order valence-electron chi connectivity index (χ4n) is 2.38. The third-order valence-electron chi connectivity index (χ3n) is 3.39. The third-order valence-corrected chi connectivity index (χ3v) is 3.39. The number of benzene rings is 1. The van der Waals surface area contributed by atoms with E-state index in [1.165, 1.54) is 6.07 Å². The van der Waals surface area contributed by atoms with E-state index in [9.17, 15) is 22.8 Å². The highest BCUT2D eigenvalue weighted by Crippen LogP contribution is 2.31. The lowest BCUT2D eigenvalue weighted by molar-refractivity contribution is -0.138. The van der Waals surface area contributed by atoms with E-state index in [0.717, 1.165) is 18.3 Å². The number of nitrogens with zero attached hydrogens (tertiary/aromatic N) is 1. The molecule has 0 saturated heterocycles. The van der Waals surface area contributed by atoms with E-state index in [0.29, 0.717) is 12.1 Å². The molecule has 2 aromatic rings. The van der Waals surface area contributed by atoms with E-state index in [4.69, 9.17) is 0 Å². The molecule has 0 unspecified atom stereocenters. The Morgan fingerprint density at radius 1 is 1.22 bits per heavy atom. The van der Waals surface area contributed by atoms with Crippen molar-refractivity contribution in [3.05, 3.63) is 58.9 Å². The van der Waals surface area contributed by atoms with Gasteiger partial charge in [0.2, 0.25) is 0 Å². The number of hydrogen-bond donors (Lipinski definition) is 2. The Morgan fingerprint density at radius 2 is 2.00 bits per heavy atom. The Kier molecular flexibility index (Phi) is 3.51. The first-order chi connectivity index (χ1) is 10.9. The fourth-order valence-corrected chi connectivity index (χ4v) is 2.38. The molecule has 1 aromatic carbocycles. The highest BCUT2D eigenvalue weighted by Gasteiger charge is 2.36. The molecule has 1 aliphatic heterocycles. The molecule has 2 amide bonds. The molecule has 0 fully saturated rings. The lowest BCUT2D eigenvalue weighted by Gasteiger charge is -2.12. The molecule has 0 aliphatic carbocycles. The molecule has 0 saturated carbocycles. The summed E-state index contributed by atoms with van der Waals surface area (Å²) in [6, 6.07) is 6.65. The van der Waals surface area contributed by atoms with Crippen LogP contribution in [0.1, 0.15) is 32.0 Å². The van der Waals surface area contributed by atoms with Gasteiger partial charge >= 0.3 is 6.18 Å². The molecule has 8 heteroatoms. The van der Waals surface area contributed by atoms with Gasteiger partial charge in [0.1, 0.15) is 5.69 Å². The molecule has 0 atom stereocenters. The molecule has 23 heavy (non-hydrogen) atoms. The summed E-state index contributed by atoms with van der Waals surface area (Å²) in [4.78, 5) is 27.5. The van der Waals surface area contributed by atoms with Crippen LogP contribution >= 0.6 is 0 Å². The van der Waals surface area contributed by atoms with Crippen molar-refractivity contribution in [1.82, 2.24) is 10.3 Å². The van der Waals surface area contributed by atoms with Crippen LogP contribution in [-0.4, -0.2) is 16.8 Å². The molecule has 1 aromatic heterocycles. The van der Waals surface area contributed by atoms with Crippen LogP contribution in [0.5, 0.6) is 0 Å². The summed E-state index contributed by atoms with van der Waals surface area (Å²) in [5, 5.41) is 4.93. The smallest absolute Gasteiger partial charge is 0.348 e. The predicted molar refractivity (Wildman–Crippen MR) is 74.8 cm³/mol. The molecule has 2 N–H and O–H groups in total. The summed E-state index contributed by atoms with van der Waals surface area (Å²) in [5.41, 5.74) is -0.790. The van der Waals surface area contributed by atoms with E-state index in [1.807, 2.05) is 0 Å². The number of amides is 2. The molecule has 1 aliphatic rings. The zero-order valence-corrected chi connectivity index (χ0v) is 11.6. The first kappa shape index (κ1) is 15.0. The zero-order valence-electron chi connectivity index (χ0n) is 11.6. The minimum absolute atomic E-state index is 0.154. The van der Waals surface area contributed by atoms with E-state index in [-0.39, 0.29) is 17.2 Å². The molecule has 0 radical (unpaired) electrons. The second-order valence-corrected chi connectivity index (χ2v) is 4.87. The monoisotopic (exact) mass is 321 g/mol. The lowest BCUT2D eigenvalue weighted by Crippen LogP contribution is -2.22. The normalized spacial score (nSPS) is 13.4. The van der Waals surface area contributed by atoms with E-state index >= 15 is 0 Å². The maximum atomic E-state index is 12.9. The van der Waals surface area contributed by atoms with Crippen LogP contribution in [0.25, 0.3) is 0 Å². The number of anilines is 1. The van der Waals surface area contributed by atoms with Gasteiger partial charge in [0, 0.05) is 12.7 Å². The fraction of sp³-hybridized carbons (Fsp3) is 0.133. The van der Waals surface area contributed by atoms with E-state index in [1.54, 1.807) is 12.1 Å². The number of carbonyl (C=O) groups excluding carboxylic acids is 2. The molecule has 0 spiro atoms. The van der Waals surface area contributed by atoms with Gasteiger partial charge in [0.15, 0.2) is 0 Å². The van der Waals surface area contributed by atoms with Gasteiger partial charge in [0.05, 0.1) is 16.8 Å². The maximum absolute atomic E-state index is 12.9. The van der Waals surface area contributed by atoms with Gasteiger partial charge in [-0.2, -0.15) is 13.2 Å². The Morgan fingerprint density at radius 3 is 2.74 bits per heavy atom. The zero-order chi connectivity index (χ0) is 16.6. The van der Waals surface area contributed by atoms with Crippen molar-refractivity contribution in [2.45, 2.75) is 12.7 Å². The average molecular weight is 321 g/mol. The highest BCUT2D eigenvalue weighted by molar-refractivity contribution is 6.10. The lowest BCUT2D eigenvalue weighted by atomic mass is 10.1. The minimum Gasteiger partial charge on any atom is -0.348 e. The number of rotatable bonds is 2. The van der Waals surface area contributed by atoms with Crippen LogP contribution < -0.4 is 10.6 Å². The molecule has 2 heterocycles. The third kappa shape index (κ3) is 2.75. The van der Waals surface area contributed by atoms with Crippen LogP contribution in [-0.2, 0) is 12.7 Å². The van der Waals surface area contributed by atoms with Gasteiger partial charge in [-0.25, -0.2) is 0 Å². The van der Waals surface area contributed by atoms with Gasteiger partial charge < -0.3 is 10.6 Å². The van der Waals surface area contributed by atoms with Crippen molar-refractivity contribution in [3.63, 3.8) is 0 Å². The highest BCUT2D eigenvalue weighted by atomic mass is 19.4. The quantitative estimate of drug-likeness (QED) is 0.893. The Hall–Kier alpha value is -2.90. The number of hydrogen-bond acceptors (Lipinski definition) is 3. The number of nitrogens with one attached hydrogen (secondary N) is 2. The van der Waals surface area contributed by atoms with Gasteiger partial charge in [-0.05, 0) is 23.8 Å². The molecule has 118 valence electrons. The second-order valence-electron chi connectivity index (χ2n) is 4.87. The standard InChI is InChI=1S/C15H10F3N3O2/c16-15(17,18)9-4-2-6-19-12(9)14(23)21-10-5-1-3-8-7-20-13(22)11(8)10/h1-6H,7H2,(H,20,22)(H,21,23). The topological polar surface area (TPSA) is 71.1 Å². The van der Waals surface area contributed by atoms with E-state index < -0.39 is 23.3 Å². The molecular weight excluding hydrogens is 311 g/mol. The van der Waals surface area contributed by atoms with Crippen LogP contribution in [0.15, 0.2) is 36.5 Å². The van der Waals surface area contributed by atoms with Gasteiger partial charge in [-0.1, -0.05) is 12.1 Å². The van der Waals surface area contributed by atoms with Crippen LogP contribution in [0.3, 0.4) is 0 Å². The Bertz CT molecular complexity index is 803. The van der Waals surface area contributed by atoms with Crippen LogP contribution in [0.4, 0.5) is 18.9 Å². The van der Waals surface area contributed by atoms with Gasteiger partial charge in [0.25, 0.3) is 11.8 Å². The summed E-state index contributed by atoms with van der Waals surface area (Å²) < 4.78 is 38.8. The largest absolute Gasteiger partial charge is 0.418 e. The molecule has 0 bridgehead atoms. The molecule has 3 rings (SSSR count). The van der Waals surface area contributed by atoms with Crippen LogP contribution in [0.2, 0.25) is 0 Å². The van der Waals surface area contributed by atoms with Crippen molar-refractivity contribution < 1.29 is 22.8 Å². The number of carbonyl (C=O) groups is 2. The summed E-state index contributed by atoms with van der Waals surface area (Å²) in [6.45, 7) is 0.315. The Balaban J connectivity index is 1.96. The molecular formula is C15H10F3N3O2. The summed E-state index contributed by atoms with van der Waals surface area (Å²) in [7, 11) is 0. The number of aromatic nitrogens is 1. The van der Waals surface area contributed by atoms with Crippen LogP contribution in [0, 0.1) is 0 Å². The first-order valence-electron chi connectivity index (χ1n) is 6.61. The first-order valence-corrected chi connectivity index (χ1v) is 6.61. The number of alkyl halides is 3. The summed E-state index contributed by atoms with van der Waals surface area (Å²) in [6.07, 6.45) is -3.59. The SMILES string of the molecule is O=C(Nc1cccc2c1C(=O)NC2)c1ncccc1C(F)(F)F. The number of pyridine rings is 1. The molecule has 5 nitrogen and oxygen atoms in total. The van der Waals surface area contributed by atoms with Crippen molar-refractivity contribution in [1.29, 1.82) is 0 Å². The summed E-state index contributed by atoms with van der Waals surface area (Å²) >= 11 is 0.